The molecule has 0 aromatic heterocycles. The van der Waals surface area contributed by atoms with Crippen molar-refractivity contribution in [2.75, 3.05) is 33.7 Å². The third-order valence-electron chi connectivity index (χ3n) is 6.46. The molecule has 2 fully saturated rings. The van der Waals surface area contributed by atoms with Gasteiger partial charge in [-0.05, 0) is 77.4 Å². The number of carbonyl (C=O) groups is 1. The molecule has 1 aliphatic heterocycles. The average Bonchev–Trinajstić information content (AvgIpc) is 2.81. The summed E-state index contributed by atoms with van der Waals surface area (Å²) in [5, 5.41) is 0. The molecular formula is C20H38N2O. The smallest absolute Gasteiger partial charge is 0.228 e. The minimum absolute atomic E-state index is 0.0170. The maximum Gasteiger partial charge on any atom is 0.228 e. The molecule has 0 atom stereocenters. The van der Waals surface area contributed by atoms with Crippen molar-refractivity contribution in [3.05, 3.63) is 0 Å². The van der Waals surface area contributed by atoms with Crippen molar-refractivity contribution >= 4 is 5.91 Å². The SMILES string of the molecule is CCCC1(CCC)CCC2(CCN(CCCN(C)C)C2=O)CC1. The van der Waals surface area contributed by atoms with Gasteiger partial charge in [-0.1, -0.05) is 26.7 Å². The van der Waals surface area contributed by atoms with Crippen LogP contribution in [0, 0.1) is 10.8 Å². The van der Waals surface area contributed by atoms with E-state index in [-0.39, 0.29) is 5.41 Å². The van der Waals surface area contributed by atoms with E-state index in [1.165, 1.54) is 38.5 Å². The van der Waals surface area contributed by atoms with Gasteiger partial charge in [0, 0.05) is 13.1 Å². The molecule has 1 amide bonds. The van der Waals surface area contributed by atoms with Gasteiger partial charge >= 0.3 is 0 Å². The number of nitrogens with zero attached hydrogens (tertiary/aromatic N) is 2. The van der Waals surface area contributed by atoms with E-state index in [4.69, 9.17) is 0 Å². The molecule has 0 unspecified atom stereocenters. The number of likely N-dealkylation sites (tertiary alicyclic amines) is 1. The van der Waals surface area contributed by atoms with Crippen molar-refractivity contribution in [1.29, 1.82) is 0 Å². The van der Waals surface area contributed by atoms with Gasteiger partial charge in [-0.2, -0.15) is 0 Å². The van der Waals surface area contributed by atoms with E-state index in [0.717, 1.165) is 45.3 Å². The Morgan fingerprint density at radius 3 is 2.13 bits per heavy atom. The molecule has 1 spiro atoms. The van der Waals surface area contributed by atoms with E-state index in [1.807, 2.05) is 0 Å². The van der Waals surface area contributed by atoms with Crippen LogP contribution < -0.4 is 0 Å². The molecule has 2 aliphatic rings. The van der Waals surface area contributed by atoms with Gasteiger partial charge in [-0.15, -0.1) is 0 Å². The number of hydrogen-bond acceptors (Lipinski definition) is 2. The highest BCUT2D eigenvalue weighted by atomic mass is 16.2. The van der Waals surface area contributed by atoms with Crippen LogP contribution in [0.25, 0.3) is 0 Å². The Kier molecular flexibility index (Phi) is 6.53. The molecule has 23 heavy (non-hydrogen) atoms. The molecule has 0 N–H and O–H groups in total. The van der Waals surface area contributed by atoms with Gasteiger partial charge in [0.15, 0.2) is 0 Å². The van der Waals surface area contributed by atoms with Gasteiger partial charge in [0.05, 0.1) is 5.41 Å². The molecule has 0 bridgehead atoms. The highest BCUT2D eigenvalue weighted by molar-refractivity contribution is 5.85. The van der Waals surface area contributed by atoms with Crippen LogP contribution in [0.3, 0.4) is 0 Å². The highest BCUT2D eigenvalue weighted by Crippen LogP contribution is 2.54. The molecule has 0 radical (unpaired) electrons. The van der Waals surface area contributed by atoms with Crippen molar-refractivity contribution in [2.45, 2.75) is 78.1 Å². The first kappa shape index (κ1) is 18.8. The van der Waals surface area contributed by atoms with Crippen LogP contribution in [0.15, 0.2) is 0 Å². The normalized spacial score (nSPS) is 23.2. The Morgan fingerprint density at radius 1 is 1.00 bits per heavy atom. The van der Waals surface area contributed by atoms with E-state index < -0.39 is 0 Å². The van der Waals surface area contributed by atoms with Crippen LogP contribution in [-0.2, 0) is 4.79 Å². The fourth-order valence-corrected chi connectivity index (χ4v) is 5.09. The molecule has 1 saturated carbocycles. The van der Waals surface area contributed by atoms with Crippen molar-refractivity contribution in [3.63, 3.8) is 0 Å². The Labute approximate surface area is 143 Å². The summed E-state index contributed by atoms with van der Waals surface area (Å²) >= 11 is 0. The van der Waals surface area contributed by atoms with E-state index >= 15 is 0 Å². The third-order valence-corrected chi connectivity index (χ3v) is 6.46. The fraction of sp³-hybridized carbons (Fsp3) is 0.950. The predicted octanol–water partition coefficient (Wildman–Crippen LogP) is 4.32. The summed E-state index contributed by atoms with van der Waals surface area (Å²) in [6, 6.07) is 0. The summed E-state index contributed by atoms with van der Waals surface area (Å²) in [6.07, 6.45) is 12.4. The van der Waals surface area contributed by atoms with Gasteiger partial charge in [0.2, 0.25) is 5.91 Å². The van der Waals surface area contributed by atoms with Crippen LogP contribution in [0.5, 0.6) is 0 Å². The molecule has 3 nitrogen and oxygen atoms in total. The molecule has 1 aliphatic carbocycles. The van der Waals surface area contributed by atoms with Crippen LogP contribution in [0.2, 0.25) is 0 Å². The molecule has 3 heteroatoms. The van der Waals surface area contributed by atoms with Crippen LogP contribution in [0.4, 0.5) is 0 Å². The third kappa shape index (κ3) is 4.29. The number of amides is 1. The van der Waals surface area contributed by atoms with Crippen LogP contribution in [0.1, 0.15) is 78.1 Å². The van der Waals surface area contributed by atoms with E-state index in [9.17, 15) is 4.79 Å². The van der Waals surface area contributed by atoms with Crippen molar-refractivity contribution < 1.29 is 4.79 Å². The van der Waals surface area contributed by atoms with Gasteiger partial charge in [0.1, 0.15) is 0 Å². The van der Waals surface area contributed by atoms with E-state index in [1.54, 1.807) is 0 Å². The lowest BCUT2D eigenvalue weighted by Gasteiger charge is -2.44. The van der Waals surface area contributed by atoms with Gasteiger partial charge in [0.25, 0.3) is 0 Å². The first-order valence-corrected chi connectivity index (χ1v) is 9.91. The topological polar surface area (TPSA) is 23.6 Å². The molecule has 134 valence electrons. The van der Waals surface area contributed by atoms with Gasteiger partial charge in [-0.25, -0.2) is 0 Å². The Bertz CT molecular complexity index is 375. The number of rotatable bonds is 8. The molecule has 1 saturated heterocycles. The maximum atomic E-state index is 13.0. The minimum Gasteiger partial charge on any atom is -0.342 e. The summed E-state index contributed by atoms with van der Waals surface area (Å²) in [5.74, 6) is 0.484. The second-order valence-corrected chi connectivity index (χ2v) is 8.48. The van der Waals surface area contributed by atoms with Gasteiger partial charge < -0.3 is 9.80 Å². The first-order chi connectivity index (χ1) is 11.0. The summed E-state index contributed by atoms with van der Waals surface area (Å²) in [7, 11) is 4.21. The maximum absolute atomic E-state index is 13.0. The summed E-state index contributed by atoms with van der Waals surface area (Å²) in [6.45, 7) is 7.66. The summed E-state index contributed by atoms with van der Waals surface area (Å²) < 4.78 is 0. The molecule has 2 rings (SSSR count). The second-order valence-electron chi connectivity index (χ2n) is 8.48. The number of hydrogen-bond donors (Lipinski definition) is 0. The summed E-state index contributed by atoms with van der Waals surface area (Å²) in [5.41, 5.74) is 0.566. The quantitative estimate of drug-likeness (QED) is 0.664. The largest absolute Gasteiger partial charge is 0.342 e. The lowest BCUT2D eigenvalue weighted by atomic mass is 9.60. The zero-order valence-electron chi connectivity index (χ0n) is 16.0. The summed E-state index contributed by atoms with van der Waals surface area (Å²) in [4.78, 5) is 17.4. The lowest BCUT2D eigenvalue weighted by molar-refractivity contribution is -0.139. The average molecular weight is 323 g/mol. The van der Waals surface area contributed by atoms with E-state index in [2.05, 4.69) is 37.7 Å². The van der Waals surface area contributed by atoms with Gasteiger partial charge in [-0.3, -0.25) is 4.79 Å². The van der Waals surface area contributed by atoms with Crippen LogP contribution >= 0.6 is 0 Å². The monoisotopic (exact) mass is 322 g/mol. The minimum atomic E-state index is 0.0170. The van der Waals surface area contributed by atoms with E-state index in [0.29, 0.717) is 11.3 Å². The Hall–Kier alpha value is -0.570. The number of carbonyl (C=O) groups excluding carboxylic acids is 1. The fourth-order valence-electron chi connectivity index (χ4n) is 5.09. The van der Waals surface area contributed by atoms with Crippen molar-refractivity contribution in [3.8, 4) is 0 Å². The first-order valence-electron chi connectivity index (χ1n) is 9.91. The lowest BCUT2D eigenvalue weighted by Crippen LogP contribution is -2.41. The Morgan fingerprint density at radius 2 is 1.61 bits per heavy atom. The van der Waals surface area contributed by atoms with Crippen LogP contribution in [-0.4, -0.2) is 49.4 Å². The molecule has 0 aromatic carbocycles. The van der Waals surface area contributed by atoms with Crippen molar-refractivity contribution in [2.24, 2.45) is 10.8 Å². The predicted molar refractivity (Wildman–Crippen MR) is 97.5 cm³/mol. The van der Waals surface area contributed by atoms with Crippen molar-refractivity contribution in [1.82, 2.24) is 9.80 Å². The zero-order chi connectivity index (χ0) is 16.9. The molecule has 1 heterocycles. The standard InChI is InChI=1S/C20H38N2O/c1-5-8-19(9-6-2)10-12-20(13-11-19)14-17-22(18(20)23)16-7-15-21(3)4/h5-17H2,1-4H3. The molecular weight excluding hydrogens is 284 g/mol. The second kappa shape index (κ2) is 8.00. The zero-order valence-corrected chi connectivity index (χ0v) is 16.0. The molecule has 0 aromatic rings. The Balaban J connectivity index is 1.91. The highest BCUT2D eigenvalue weighted by Gasteiger charge is 2.50.